The van der Waals surface area contributed by atoms with E-state index < -0.39 is 10.0 Å². The fourth-order valence-corrected chi connectivity index (χ4v) is 3.10. The Balaban J connectivity index is 2.20. The van der Waals surface area contributed by atoms with E-state index >= 15 is 0 Å². The number of nitrogens with one attached hydrogen (secondary N) is 1. The first-order valence-corrected chi connectivity index (χ1v) is 7.68. The van der Waals surface area contributed by atoms with Crippen LogP contribution >= 0.6 is 0 Å². The van der Waals surface area contributed by atoms with Crippen molar-refractivity contribution in [1.82, 2.24) is 9.84 Å². The number of hydrogen-bond acceptors (Lipinski definition) is 6. The van der Waals surface area contributed by atoms with Crippen LogP contribution in [0.2, 0.25) is 0 Å². The molecule has 7 nitrogen and oxygen atoms in total. The molecule has 20 heavy (non-hydrogen) atoms. The molecule has 0 saturated carbocycles. The molecule has 1 saturated heterocycles. The van der Waals surface area contributed by atoms with Gasteiger partial charge in [0.25, 0.3) is 10.0 Å². The minimum absolute atomic E-state index is 0.0915. The zero-order chi connectivity index (χ0) is 14.6. The molecule has 8 heteroatoms. The van der Waals surface area contributed by atoms with Crippen LogP contribution < -0.4 is 9.57 Å². The molecule has 0 unspecified atom stereocenters. The molecule has 1 aliphatic rings. The molecule has 1 aromatic carbocycles. The summed E-state index contributed by atoms with van der Waals surface area (Å²) in [6, 6.07) is 4.38. The van der Waals surface area contributed by atoms with Crippen molar-refractivity contribution in [3.63, 3.8) is 0 Å². The van der Waals surface area contributed by atoms with Crippen molar-refractivity contribution >= 4 is 10.0 Å². The first kappa shape index (κ1) is 15.2. The number of aliphatic hydroxyl groups is 1. The van der Waals surface area contributed by atoms with E-state index in [2.05, 4.69) is 4.83 Å². The molecular formula is C12H18N2O5S. The monoisotopic (exact) mass is 302 g/mol. The molecule has 1 aliphatic heterocycles. The molecule has 1 heterocycles. The first-order valence-electron chi connectivity index (χ1n) is 6.20. The Hall–Kier alpha value is -1.19. The summed E-state index contributed by atoms with van der Waals surface area (Å²) in [5.74, 6) is 0.456. The van der Waals surface area contributed by atoms with E-state index in [0.717, 1.165) is 0 Å². The van der Waals surface area contributed by atoms with Gasteiger partial charge in [0.15, 0.2) is 0 Å². The predicted octanol–water partition coefficient (Wildman–Crippen LogP) is -0.287. The van der Waals surface area contributed by atoms with Crippen molar-refractivity contribution in [3.8, 4) is 5.75 Å². The number of methoxy groups -OCH3 is 1. The Bertz CT molecular complexity index is 555. The second-order valence-electron chi connectivity index (χ2n) is 4.33. The quantitative estimate of drug-likeness (QED) is 0.777. The lowest BCUT2D eigenvalue weighted by Crippen LogP contribution is -2.48. The van der Waals surface area contributed by atoms with Crippen molar-refractivity contribution in [2.24, 2.45) is 0 Å². The van der Waals surface area contributed by atoms with Gasteiger partial charge in [-0.05, 0) is 18.2 Å². The van der Waals surface area contributed by atoms with E-state index in [9.17, 15) is 13.5 Å². The van der Waals surface area contributed by atoms with Gasteiger partial charge in [0.2, 0.25) is 0 Å². The lowest BCUT2D eigenvalue weighted by Gasteiger charge is -2.26. The minimum atomic E-state index is -3.66. The number of hydrogen-bond donors (Lipinski definition) is 2. The lowest BCUT2D eigenvalue weighted by atomic mass is 10.2. The maximum Gasteiger partial charge on any atom is 0.253 e. The van der Waals surface area contributed by atoms with Crippen LogP contribution in [0.5, 0.6) is 5.75 Å². The van der Waals surface area contributed by atoms with Crippen LogP contribution in [0.3, 0.4) is 0 Å². The standard InChI is InChI=1S/C12H18N2O5S/c1-18-12-3-2-11(8-10(12)9-15)20(16,17)13-14-4-6-19-7-5-14/h2-3,8,13,15H,4-7,9H2,1H3. The summed E-state index contributed by atoms with van der Waals surface area (Å²) in [5, 5.41) is 10.8. The minimum Gasteiger partial charge on any atom is -0.496 e. The van der Waals surface area contributed by atoms with Crippen LogP contribution in [0, 0.1) is 0 Å². The normalized spacial score (nSPS) is 17.1. The zero-order valence-corrected chi connectivity index (χ0v) is 12.0. The van der Waals surface area contributed by atoms with Crippen molar-refractivity contribution in [1.29, 1.82) is 0 Å². The van der Waals surface area contributed by atoms with Crippen LogP contribution in [0.25, 0.3) is 0 Å². The molecular weight excluding hydrogens is 284 g/mol. The highest BCUT2D eigenvalue weighted by molar-refractivity contribution is 7.89. The highest BCUT2D eigenvalue weighted by Crippen LogP contribution is 2.22. The van der Waals surface area contributed by atoms with Crippen LogP contribution in [-0.4, -0.2) is 51.9 Å². The Labute approximate surface area is 118 Å². The van der Waals surface area contributed by atoms with Gasteiger partial charge in [0, 0.05) is 18.7 Å². The fraction of sp³-hybridized carbons (Fsp3) is 0.500. The molecule has 112 valence electrons. The Morgan fingerprint density at radius 3 is 2.70 bits per heavy atom. The lowest BCUT2D eigenvalue weighted by molar-refractivity contribution is 0.0272. The van der Waals surface area contributed by atoms with Crippen LogP contribution in [0.4, 0.5) is 0 Å². The molecule has 1 aromatic rings. The summed E-state index contributed by atoms with van der Waals surface area (Å²) in [5.41, 5.74) is 0.428. The Kier molecular flexibility index (Phi) is 4.95. The number of ether oxygens (including phenoxy) is 2. The molecule has 2 rings (SSSR count). The number of sulfonamides is 1. The van der Waals surface area contributed by atoms with Crippen molar-refractivity contribution < 1.29 is 23.0 Å². The third kappa shape index (κ3) is 3.47. The molecule has 2 N–H and O–H groups in total. The Morgan fingerprint density at radius 1 is 1.40 bits per heavy atom. The van der Waals surface area contributed by atoms with Crippen LogP contribution in [0.1, 0.15) is 5.56 Å². The number of benzene rings is 1. The van der Waals surface area contributed by atoms with E-state index in [1.165, 1.54) is 25.3 Å². The molecule has 0 bridgehead atoms. The molecule has 0 spiro atoms. The van der Waals surface area contributed by atoms with Crippen LogP contribution in [0.15, 0.2) is 23.1 Å². The van der Waals surface area contributed by atoms with Gasteiger partial charge in [-0.25, -0.2) is 13.4 Å². The molecule has 1 fully saturated rings. The SMILES string of the molecule is COc1ccc(S(=O)(=O)NN2CCOCC2)cc1CO. The van der Waals surface area contributed by atoms with Gasteiger partial charge in [-0.3, -0.25) is 0 Å². The predicted molar refractivity (Wildman–Crippen MR) is 71.6 cm³/mol. The van der Waals surface area contributed by atoms with Crippen molar-refractivity contribution in [2.75, 3.05) is 33.4 Å². The number of hydrazine groups is 1. The fourth-order valence-electron chi connectivity index (χ4n) is 1.92. The summed E-state index contributed by atoms with van der Waals surface area (Å²) in [6.07, 6.45) is 0. The van der Waals surface area contributed by atoms with Crippen molar-refractivity contribution in [3.05, 3.63) is 23.8 Å². The number of aliphatic hydroxyl groups excluding tert-OH is 1. The number of nitrogens with zero attached hydrogens (tertiary/aromatic N) is 1. The van der Waals surface area contributed by atoms with Crippen molar-refractivity contribution in [2.45, 2.75) is 11.5 Å². The number of rotatable bonds is 5. The summed E-state index contributed by atoms with van der Waals surface area (Å²) in [4.78, 5) is 2.59. The van der Waals surface area contributed by atoms with E-state index in [4.69, 9.17) is 9.47 Å². The first-order chi connectivity index (χ1) is 9.56. The van der Waals surface area contributed by atoms with Gasteiger partial charge < -0.3 is 14.6 Å². The largest absolute Gasteiger partial charge is 0.496 e. The summed E-state index contributed by atoms with van der Waals surface area (Å²) >= 11 is 0. The van der Waals surface area contributed by atoms with Gasteiger partial charge in [-0.2, -0.15) is 0 Å². The molecule has 0 aliphatic carbocycles. The summed E-state index contributed by atoms with van der Waals surface area (Å²) in [6.45, 7) is 1.70. The van der Waals surface area contributed by atoms with E-state index in [0.29, 0.717) is 37.6 Å². The van der Waals surface area contributed by atoms with E-state index in [1.807, 2.05) is 0 Å². The summed E-state index contributed by atoms with van der Waals surface area (Å²) < 4.78 is 34.7. The maximum atomic E-state index is 12.3. The maximum absolute atomic E-state index is 12.3. The zero-order valence-electron chi connectivity index (χ0n) is 11.2. The van der Waals surface area contributed by atoms with Gasteiger partial charge >= 0.3 is 0 Å². The smallest absolute Gasteiger partial charge is 0.253 e. The average molecular weight is 302 g/mol. The molecule has 0 aromatic heterocycles. The van der Waals surface area contributed by atoms with Gasteiger partial charge in [-0.15, -0.1) is 4.83 Å². The van der Waals surface area contributed by atoms with Gasteiger partial charge in [0.05, 0.1) is 31.8 Å². The Morgan fingerprint density at radius 2 is 2.10 bits per heavy atom. The third-order valence-electron chi connectivity index (χ3n) is 2.99. The van der Waals surface area contributed by atoms with E-state index in [-0.39, 0.29) is 11.5 Å². The number of morpholine rings is 1. The second kappa shape index (κ2) is 6.51. The second-order valence-corrected chi connectivity index (χ2v) is 5.99. The summed E-state index contributed by atoms with van der Waals surface area (Å²) in [7, 11) is -2.20. The highest BCUT2D eigenvalue weighted by Gasteiger charge is 2.21. The van der Waals surface area contributed by atoms with Gasteiger partial charge in [0.1, 0.15) is 5.75 Å². The average Bonchev–Trinajstić information content (AvgIpc) is 2.47. The third-order valence-corrected chi connectivity index (χ3v) is 4.37. The molecule has 0 radical (unpaired) electrons. The van der Waals surface area contributed by atoms with Crippen LogP contribution in [-0.2, 0) is 21.4 Å². The van der Waals surface area contributed by atoms with Gasteiger partial charge in [-0.1, -0.05) is 0 Å². The molecule has 0 atom stereocenters. The topological polar surface area (TPSA) is 88.1 Å². The molecule has 0 amide bonds. The highest BCUT2D eigenvalue weighted by atomic mass is 32.2. The van der Waals surface area contributed by atoms with E-state index in [1.54, 1.807) is 5.01 Å².